The molecule has 0 atom stereocenters. The van der Waals surface area contributed by atoms with Crippen LogP contribution in [0.15, 0.2) is 48.8 Å². The quantitative estimate of drug-likeness (QED) is 0.621. The normalized spacial score (nSPS) is 14.5. The Morgan fingerprint density at radius 3 is 2.65 bits per heavy atom. The van der Waals surface area contributed by atoms with Crippen LogP contribution in [0.1, 0.15) is 25.3 Å². The maximum atomic E-state index is 12.6. The lowest BCUT2D eigenvalue weighted by Crippen LogP contribution is -2.44. The summed E-state index contributed by atoms with van der Waals surface area (Å²) in [5.41, 5.74) is 1.78. The van der Waals surface area contributed by atoms with E-state index in [4.69, 9.17) is 0 Å². The van der Waals surface area contributed by atoms with Crippen LogP contribution in [0.25, 0.3) is 5.65 Å². The molecule has 2 amide bonds. The van der Waals surface area contributed by atoms with E-state index in [1.165, 1.54) is 0 Å². The Bertz CT molecular complexity index is 1030. The molecule has 0 bridgehead atoms. The SMILES string of the molecule is CCN(Cc1ccccc1)C(=O)CNC(=O)C1CCN(c2ccc3nncn3n2)CC1. The van der Waals surface area contributed by atoms with Gasteiger partial charge in [-0.3, -0.25) is 9.59 Å². The van der Waals surface area contributed by atoms with Gasteiger partial charge < -0.3 is 15.1 Å². The Morgan fingerprint density at radius 2 is 1.90 bits per heavy atom. The predicted molar refractivity (Wildman–Crippen MR) is 116 cm³/mol. The third kappa shape index (κ3) is 4.99. The molecule has 0 aliphatic carbocycles. The minimum Gasteiger partial charge on any atom is -0.355 e. The molecule has 1 aliphatic heterocycles. The first kappa shape index (κ1) is 20.8. The summed E-state index contributed by atoms with van der Waals surface area (Å²) in [7, 11) is 0. The van der Waals surface area contributed by atoms with Gasteiger partial charge in [-0.1, -0.05) is 30.3 Å². The summed E-state index contributed by atoms with van der Waals surface area (Å²) < 4.78 is 1.65. The zero-order valence-corrected chi connectivity index (χ0v) is 17.6. The van der Waals surface area contributed by atoms with Crippen LogP contribution in [0.5, 0.6) is 0 Å². The predicted octanol–water partition coefficient (Wildman–Crippen LogP) is 1.51. The topological polar surface area (TPSA) is 95.7 Å². The van der Waals surface area contributed by atoms with Crippen molar-refractivity contribution in [2.24, 2.45) is 5.92 Å². The number of aromatic nitrogens is 4. The van der Waals surface area contributed by atoms with E-state index in [9.17, 15) is 9.59 Å². The largest absolute Gasteiger partial charge is 0.355 e. The number of benzene rings is 1. The van der Waals surface area contributed by atoms with Crippen molar-refractivity contribution in [2.45, 2.75) is 26.3 Å². The molecule has 1 fully saturated rings. The second kappa shape index (κ2) is 9.55. The van der Waals surface area contributed by atoms with Crippen LogP contribution in [0.2, 0.25) is 0 Å². The van der Waals surface area contributed by atoms with Gasteiger partial charge in [-0.2, -0.15) is 4.52 Å². The van der Waals surface area contributed by atoms with E-state index in [2.05, 4.69) is 25.5 Å². The first-order valence-corrected chi connectivity index (χ1v) is 10.7. The molecule has 31 heavy (non-hydrogen) atoms. The molecule has 1 aromatic carbocycles. The molecule has 3 aromatic rings. The molecular weight excluding hydrogens is 394 g/mol. The fraction of sp³-hybridized carbons (Fsp3) is 0.409. The van der Waals surface area contributed by atoms with E-state index in [-0.39, 0.29) is 24.3 Å². The molecule has 3 heterocycles. The Labute approximate surface area is 181 Å². The number of fused-ring (bicyclic) bond motifs is 1. The lowest BCUT2D eigenvalue weighted by molar-refractivity contribution is -0.134. The Morgan fingerprint density at radius 1 is 1.13 bits per heavy atom. The highest BCUT2D eigenvalue weighted by Gasteiger charge is 2.26. The maximum absolute atomic E-state index is 12.6. The van der Waals surface area contributed by atoms with Crippen LogP contribution < -0.4 is 10.2 Å². The third-order valence-electron chi connectivity index (χ3n) is 5.70. The summed E-state index contributed by atoms with van der Waals surface area (Å²) in [5.74, 6) is 0.641. The maximum Gasteiger partial charge on any atom is 0.242 e. The number of anilines is 1. The minimum absolute atomic E-state index is 0.0333. The van der Waals surface area contributed by atoms with Crippen molar-refractivity contribution in [1.82, 2.24) is 30.0 Å². The van der Waals surface area contributed by atoms with Gasteiger partial charge in [0, 0.05) is 32.1 Å². The van der Waals surface area contributed by atoms with E-state index in [0.717, 1.165) is 37.3 Å². The number of amides is 2. The van der Waals surface area contributed by atoms with Crippen molar-refractivity contribution in [3.63, 3.8) is 0 Å². The molecule has 0 radical (unpaired) electrons. The van der Waals surface area contributed by atoms with Crippen LogP contribution in [-0.4, -0.2) is 62.7 Å². The molecule has 0 spiro atoms. The summed E-state index contributed by atoms with van der Waals surface area (Å²) in [6, 6.07) is 13.7. The van der Waals surface area contributed by atoms with Gasteiger partial charge in [0.1, 0.15) is 12.1 Å². The van der Waals surface area contributed by atoms with Crippen LogP contribution in [0, 0.1) is 5.92 Å². The molecule has 9 heteroatoms. The molecule has 9 nitrogen and oxygen atoms in total. The Balaban J connectivity index is 1.25. The van der Waals surface area contributed by atoms with Crippen LogP contribution in [-0.2, 0) is 16.1 Å². The van der Waals surface area contributed by atoms with Crippen molar-refractivity contribution in [2.75, 3.05) is 31.1 Å². The molecular formula is C22H27N7O2. The number of rotatable bonds is 7. The van der Waals surface area contributed by atoms with Gasteiger partial charge in [0.05, 0.1) is 6.54 Å². The number of nitrogens with zero attached hydrogens (tertiary/aromatic N) is 6. The van der Waals surface area contributed by atoms with Gasteiger partial charge in [-0.05, 0) is 37.5 Å². The number of hydrogen-bond donors (Lipinski definition) is 1. The van der Waals surface area contributed by atoms with E-state index >= 15 is 0 Å². The molecule has 1 aliphatic rings. The number of nitrogens with one attached hydrogen (secondary N) is 1. The monoisotopic (exact) mass is 421 g/mol. The molecule has 0 saturated carbocycles. The highest BCUT2D eigenvalue weighted by atomic mass is 16.2. The highest BCUT2D eigenvalue weighted by Crippen LogP contribution is 2.22. The Kier molecular flexibility index (Phi) is 6.40. The molecule has 2 aromatic heterocycles. The second-order valence-electron chi connectivity index (χ2n) is 7.70. The molecule has 0 unspecified atom stereocenters. The van der Waals surface area contributed by atoms with Gasteiger partial charge in [0.25, 0.3) is 0 Å². The van der Waals surface area contributed by atoms with Crippen LogP contribution >= 0.6 is 0 Å². The molecule has 4 rings (SSSR count). The van der Waals surface area contributed by atoms with Crippen molar-refractivity contribution >= 4 is 23.3 Å². The number of carbonyl (C=O) groups excluding carboxylic acids is 2. The average molecular weight is 422 g/mol. The van der Waals surface area contributed by atoms with Gasteiger partial charge in [-0.25, -0.2) is 0 Å². The number of likely N-dealkylation sites (N-methyl/N-ethyl adjacent to an activating group) is 1. The van der Waals surface area contributed by atoms with Crippen LogP contribution in [0.3, 0.4) is 0 Å². The summed E-state index contributed by atoms with van der Waals surface area (Å²) in [6.07, 6.45) is 3.03. The second-order valence-corrected chi connectivity index (χ2v) is 7.70. The standard InChI is InChI=1S/C22H27N7O2/c1-2-27(15-17-6-4-3-5-7-17)21(30)14-23-22(31)18-10-12-28(13-11-18)20-9-8-19-25-24-16-29(19)26-20/h3-9,16,18H,2,10-15H2,1H3,(H,23,31). The first-order chi connectivity index (χ1) is 15.1. The molecule has 162 valence electrons. The zero-order valence-electron chi connectivity index (χ0n) is 17.6. The van der Waals surface area contributed by atoms with Gasteiger partial charge in [0.15, 0.2) is 5.65 Å². The van der Waals surface area contributed by atoms with Crippen molar-refractivity contribution in [3.8, 4) is 0 Å². The van der Waals surface area contributed by atoms with Crippen molar-refractivity contribution in [3.05, 3.63) is 54.4 Å². The fourth-order valence-electron chi connectivity index (χ4n) is 3.86. The Hall–Kier alpha value is -3.49. The van der Waals surface area contributed by atoms with Crippen LogP contribution in [0.4, 0.5) is 5.82 Å². The van der Waals surface area contributed by atoms with Gasteiger partial charge in [0.2, 0.25) is 11.8 Å². The van der Waals surface area contributed by atoms with Gasteiger partial charge >= 0.3 is 0 Å². The summed E-state index contributed by atoms with van der Waals surface area (Å²) in [6.45, 7) is 4.61. The number of piperidine rings is 1. The van der Waals surface area contributed by atoms with E-state index < -0.39 is 0 Å². The average Bonchev–Trinajstić information content (AvgIpc) is 3.29. The number of hydrogen-bond acceptors (Lipinski definition) is 6. The summed E-state index contributed by atoms with van der Waals surface area (Å²) in [5, 5.41) is 15.2. The van der Waals surface area contributed by atoms with Crippen molar-refractivity contribution in [1.29, 1.82) is 0 Å². The minimum atomic E-state index is -0.0908. The van der Waals surface area contributed by atoms with E-state index in [1.54, 1.807) is 15.7 Å². The summed E-state index contributed by atoms with van der Waals surface area (Å²) in [4.78, 5) is 29.1. The molecule has 1 saturated heterocycles. The smallest absolute Gasteiger partial charge is 0.242 e. The fourth-order valence-corrected chi connectivity index (χ4v) is 3.86. The first-order valence-electron chi connectivity index (χ1n) is 10.7. The lowest BCUT2D eigenvalue weighted by atomic mass is 9.96. The third-order valence-corrected chi connectivity index (χ3v) is 5.70. The lowest BCUT2D eigenvalue weighted by Gasteiger charge is -2.32. The van der Waals surface area contributed by atoms with Gasteiger partial charge in [-0.15, -0.1) is 15.3 Å². The molecule has 1 N–H and O–H groups in total. The number of carbonyl (C=O) groups is 2. The van der Waals surface area contributed by atoms with E-state index in [1.807, 2.05) is 49.4 Å². The van der Waals surface area contributed by atoms with Crippen molar-refractivity contribution < 1.29 is 9.59 Å². The summed E-state index contributed by atoms with van der Waals surface area (Å²) >= 11 is 0. The highest BCUT2D eigenvalue weighted by molar-refractivity contribution is 5.86. The van der Waals surface area contributed by atoms with E-state index in [0.29, 0.717) is 18.7 Å². The zero-order chi connectivity index (χ0) is 21.6.